The first kappa shape index (κ1) is 17.3. The number of methoxy groups -OCH3 is 1. The maximum atomic E-state index is 12.3. The number of amides is 2. The minimum atomic E-state index is -0.106. The predicted octanol–water partition coefficient (Wildman–Crippen LogP) is 1.04. The number of nitrogens with zero attached hydrogens (tertiary/aromatic N) is 2. The Kier molecular flexibility index (Phi) is 5.98. The summed E-state index contributed by atoms with van der Waals surface area (Å²) in [6.45, 7) is 4.05. The maximum Gasteiger partial charge on any atom is 0.224 e. The maximum absolute atomic E-state index is 12.3. The first-order valence-electron chi connectivity index (χ1n) is 7.87. The quantitative estimate of drug-likeness (QED) is 0.881. The molecule has 6 nitrogen and oxygen atoms in total. The highest BCUT2D eigenvalue weighted by molar-refractivity contribution is 5.78. The van der Waals surface area contributed by atoms with E-state index in [-0.39, 0.29) is 17.9 Å². The lowest BCUT2D eigenvalue weighted by atomic mass is 10.0. The van der Waals surface area contributed by atoms with Gasteiger partial charge in [-0.15, -0.1) is 0 Å². The lowest BCUT2D eigenvalue weighted by molar-refractivity contribution is -0.134. The van der Waals surface area contributed by atoms with Crippen LogP contribution < -0.4 is 10.1 Å². The van der Waals surface area contributed by atoms with Gasteiger partial charge in [0.05, 0.1) is 13.2 Å². The summed E-state index contributed by atoms with van der Waals surface area (Å²) >= 11 is 0. The fourth-order valence-electron chi connectivity index (χ4n) is 2.81. The van der Waals surface area contributed by atoms with Gasteiger partial charge in [-0.05, 0) is 24.7 Å². The van der Waals surface area contributed by atoms with Crippen LogP contribution in [0.5, 0.6) is 5.75 Å². The third kappa shape index (κ3) is 4.69. The zero-order valence-corrected chi connectivity index (χ0v) is 14.0. The summed E-state index contributed by atoms with van der Waals surface area (Å²) in [7, 11) is 3.73. The van der Waals surface area contributed by atoms with Gasteiger partial charge in [-0.3, -0.25) is 14.5 Å². The van der Waals surface area contributed by atoms with Crippen molar-refractivity contribution < 1.29 is 14.3 Å². The van der Waals surface area contributed by atoms with Crippen LogP contribution in [0.1, 0.15) is 24.9 Å². The molecule has 0 radical (unpaired) electrons. The lowest BCUT2D eigenvalue weighted by Gasteiger charge is -2.40. The Morgan fingerprint density at radius 1 is 1.35 bits per heavy atom. The molecule has 23 heavy (non-hydrogen) atoms. The molecular weight excluding hydrogens is 294 g/mol. The number of ether oxygens (including phenoxy) is 1. The van der Waals surface area contributed by atoms with E-state index in [9.17, 15) is 9.59 Å². The molecule has 0 aliphatic carbocycles. The van der Waals surface area contributed by atoms with Crippen molar-refractivity contribution in [2.24, 2.45) is 0 Å². The molecule has 2 rings (SSSR count). The van der Waals surface area contributed by atoms with Crippen molar-refractivity contribution in [2.75, 3.05) is 40.3 Å². The summed E-state index contributed by atoms with van der Waals surface area (Å²) in [4.78, 5) is 27.3. The Bertz CT molecular complexity index is 562. The number of hydrogen-bond acceptors (Lipinski definition) is 4. The van der Waals surface area contributed by atoms with E-state index in [4.69, 9.17) is 4.74 Å². The van der Waals surface area contributed by atoms with Crippen LogP contribution in [0, 0.1) is 0 Å². The minimum absolute atomic E-state index is 0.0831. The van der Waals surface area contributed by atoms with Crippen LogP contribution in [0.2, 0.25) is 0 Å². The number of benzene rings is 1. The zero-order chi connectivity index (χ0) is 16.8. The Morgan fingerprint density at radius 2 is 2.13 bits per heavy atom. The second-order valence-corrected chi connectivity index (χ2v) is 5.85. The molecule has 1 aliphatic heterocycles. The first-order chi connectivity index (χ1) is 11.0. The van der Waals surface area contributed by atoms with Crippen molar-refractivity contribution in [3.8, 4) is 5.75 Å². The number of hydrogen-bond donors (Lipinski definition) is 1. The van der Waals surface area contributed by atoms with Crippen molar-refractivity contribution in [3.05, 3.63) is 29.8 Å². The van der Waals surface area contributed by atoms with E-state index >= 15 is 0 Å². The summed E-state index contributed by atoms with van der Waals surface area (Å²) in [6, 6.07) is 8.13. The van der Waals surface area contributed by atoms with E-state index in [0.717, 1.165) is 24.4 Å². The molecule has 1 unspecified atom stereocenters. The van der Waals surface area contributed by atoms with Crippen molar-refractivity contribution in [1.29, 1.82) is 0 Å². The molecule has 1 N–H and O–H groups in total. The van der Waals surface area contributed by atoms with Gasteiger partial charge in [0.2, 0.25) is 11.8 Å². The molecular formula is C17H25N3O3. The molecule has 1 atom stereocenters. The average Bonchev–Trinajstić information content (AvgIpc) is 2.54. The molecule has 1 saturated heterocycles. The van der Waals surface area contributed by atoms with E-state index in [1.807, 2.05) is 23.1 Å². The summed E-state index contributed by atoms with van der Waals surface area (Å²) in [5.74, 6) is 0.801. The standard InChI is InChI=1S/C17H25N3O3/c1-13(21)18-8-7-17(22)20-10-9-19(2)16(12-20)14-5-4-6-15(11-14)23-3/h4-6,11,16H,7-10,12H2,1-3H3,(H,18,21). The largest absolute Gasteiger partial charge is 0.497 e. The van der Waals surface area contributed by atoms with E-state index in [2.05, 4.69) is 23.3 Å². The Hall–Kier alpha value is -2.08. The summed E-state index contributed by atoms with van der Waals surface area (Å²) in [5.41, 5.74) is 1.14. The van der Waals surface area contributed by atoms with Gasteiger partial charge in [0.25, 0.3) is 0 Å². The number of likely N-dealkylation sites (N-methyl/N-ethyl adjacent to an activating group) is 1. The number of piperazine rings is 1. The lowest BCUT2D eigenvalue weighted by Crippen LogP contribution is -2.49. The van der Waals surface area contributed by atoms with Gasteiger partial charge in [-0.1, -0.05) is 12.1 Å². The Morgan fingerprint density at radius 3 is 2.83 bits per heavy atom. The van der Waals surface area contributed by atoms with Gasteiger partial charge in [-0.2, -0.15) is 0 Å². The molecule has 2 amide bonds. The fourth-order valence-corrected chi connectivity index (χ4v) is 2.81. The van der Waals surface area contributed by atoms with Crippen LogP contribution in [0.25, 0.3) is 0 Å². The fraction of sp³-hybridized carbons (Fsp3) is 0.529. The van der Waals surface area contributed by atoms with Crippen LogP contribution in [0.3, 0.4) is 0 Å². The summed E-state index contributed by atoms with van der Waals surface area (Å²) < 4.78 is 5.29. The van der Waals surface area contributed by atoms with Gasteiger partial charge in [0.15, 0.2) is 0 Å². The second-order valence-electron chi connectivity index (χ2n) is 5.85. The predicted molar refractivity (Wildman–Crippen MR) is 88.2 cm³/mol. The molecule has 1 fully saturated rings. The van der Waals surface area contributed by atoms with Gasteiger partial charge in [0, 0.05) is 39.5 Å². The molecule has 1 aromatic rings. The molecule has 1 heterocycles. The SMILES string of the molecule is COc1cccc(C2CN(C(=O)CCNC(C)=O)CCN2C)c1. The number of carbonyl (C=O) groups excluding carboxylic acids is 2. The van der Waals surface area contributed by atoms with E-state index < -0.39 is 0 Å². The molecule has 0 bridgehead atoms. The van der Waals surface area contributed by atoms with Crippen LogP contribution in [-0.2, 0) is 9.59 Å². The minimum Gasteiger partial charge on any atom is -0.497 e. The Balaban J connectivity index is 2.00. The van der Waals surface area contributed by atoms with Crippen LogP contribution in [-0.4, -0.2) is 62.0 Å². The van der Waals surface area contributed by atoms with Crippen molar-refractivity contribution in [1.82, 2.24) is 15.1 Å². The normalized spacial score (nSPS) is 18.6. The van der Waals surface area contributed by atoms with Crippen LogP contribution >= 0.6 is 0 Å². The molecule has 6 heteroatoms. The van der Waals surface area contributed by atoms with E-state index in [0.29, 0.717) is 19.5 Å². The average molecular weight is 319 g/mol. The van der Waals surface area contributed by atoms with E-state index in [1.165, 1.54) is 6.92 Å². The number of rotatable bonds is 5. The van der Waals surface area contributed by atoms with Gasteiger partial charge >= 0.3 is 0 Å². The molecule has 0 aromatic heterocycles. The third-order valence-corrected chi connectivity index (χ3v) is 4.19. The van der Waals surface area contributed by atoms with Gasteiger partial charge < -0.3 is 15.0 Å². The van der Waals surface area contributed by atoms with Crippen molar-refractivity contribution >= 4 is 11.8 Å². The number of carbonyl (C=O) groups is 2. The van der Waals surface area contributed by atoms with E-state index in [1.54, 1.807) is 7.11 Å². The number of nitrogens with one attached hydrogen (secondary N) is 1. The highest BCUT2D eigenvalue weighted by Crippen LogP contribution is 2.26. The molecule has 0 spiro atoms. The van der Waals surface area contributed by atoms with Crippen molar-refractivity contribution in [2.45, 2.75) is 19.4 Å². The molecule has 1 aromatic carbocycles. The molecule has 1 aliphatic rings. The van der Waals surface area contributed by atoms with Crippen LogP contribution in [0.15, 0.2) is 24.3 Å². The molecule has 0 saturated carbocycles. The van der Waals surface area contributed by atoms with Crippen molar-refractivity contribution in [3.63, 3.8) is 0 Å². The van der Waals surface area contributed by atoms with Crippen LogP contribution in [0.4, 0.5) is 0 Å². The van der Waals surface area contributed by atoms with Gasteiger partial charge in [0.1, 0.15) is 5.75 Å². The van der Waals surface area contributed by atoms with Gasteiger partial charge in [-0.25, -0.2) is 0 Å². The highest BCUT2D eigenvalue weighted by atomic mass is 16.5. The monoisotopic (exact) mass is 319 g/mol. The smallest absolute Gasteiger partial charge is 0.224 e. The topological polar surface area (TPSA) is 61.9 Å². The zero-order valence-electron chi connectivity index (χ0n) is 14.0. The third-order valence-electron chi connectivity index (χ3n) is 4.19. The molecule has 126 valence electrons. The summed E-state index contributed by atoms with van der Waals surface area (Å²) in [5, 5.41) is 2.67. The first-order valence-corrected chi connectivity index (χ1v) is 7.87. The second kappa shape index (κ2) is 7.97. The summed E-state index contributed by atoms with van der Waals surface area (Å²) in [6.07, 6.45) is 0.341. The Labute approximate surface area is 137 Å². The highest BCUT2D eigenvalue weighted by Gasteiger charge is 2.28.